The number of aryl methyl sites for hydroxylation is 2. The number of nitrogens with zero attached hydrogens (tertiary/aromatic N) is 7. The molecule has 4 aromatic rings. The van der Waals surface area contributed by atoms with Crippen molar-refractivity contribution in [2.24, 2.45) is 12.5 Å². The van der Waals surface area contributed by atoms with E-state index in [1.165, 1.54) is 0 Å². The fourth-order valence-electron chi connectivity index (χ4n) is 4.61. The van der Waals surface area contributed by atoms with E-state index >= 15 is 0 Å². The van der Waals surface area contributed by atoms with Crippen LogP contribution in [0.25, 0.3) is 33.5 Å². The molecule has 3 aromatic heterocycles. The molecule has 0 unspecified atom stereocenters. The van der Waals surface area contributed by atoms with E-state index in [0.29, 0.717) is 12.4 Å². The highest BCUT2D eigenvalue weighted by Gasteiger charge is 2.36. The Morgan fingerprint density at radius 1 is 1.06 bits per heavy atom. The summed E-state index contributed by atoms with van der Waals surface area (Å²) in [6.45, 7) is 12.8. The molecule has 0 amide bonds. The molecule has 1 aliphatic heterocycles. The van der Waals surface area contributed by atoms with Gasteiger partial charge in [0.1, 0.15) is 17.1 Å². The number of hydrogen-bond acceptors (Lipinski definition) is 8. The van der Waals surface area contributed by atoms with Gasteiger partial charge in [0.15, 0.2) is 11.6 Å². The highest BCUT2D eigenvalue weighted by atomic mass is 16.5. The summed E-state index contributed by atoms with van der Waals surface area (Å²) < 4.78 is 8.03. The van der Waals surface area contributed by atoms with Gasteiger partial charge in [-0.25, -0.2) is 15.0 Å². The number of nitrogens with two attached hydrogens (primary N) is 1. The Balaban J connectivity index is 1.69. The molecule has 0 atom stereocenters. The van der Waals surface area contributed by atoms with Gasteiger partial charge in [-0.15, -0.1) is 10.2 Å². The summed E-state index contributed by atoms with van der Waals surface area (Å²) in [6.07, 6.45) is 0. The van der Waals surface area contributed by atoms with Gasteiger partial charge in [0.2, 0.25) is 5.95 Å². The maximum Gasteiger partial charge on any atom is 0.221 e. The molecule has 4 heterocycles. The molecule has 5 rings (SSSR count). The Hall–Kier alpha value is -3.75. The Bertz CT molecular complexity index is 1400. The van der Waals surface area contributed by atoms with Gasteiger partial charge in [-0.2, -0.15) is 0 Å². The summed E-state index contributed by atoms with van der Waals surface area (Å²) in [4.78, 5) is 16.3. The normalized spacial score (nSPS) is 14.9. The first kappa shape index (κ1) is 22.1. The Labute approximate surface area is 199 Å². The van der Waals surface area contributed by atoms with Gasteiger partial charge >= 0.3 is 0 Å². The third kappa shape index (κ3) is 3.70. The van der Waals surface area contributed by atoms with Crippen molar-refractivity contribution in [1.29, 1.82) is 0 Å². The average molecular weight is 459 g/mol. The molecule has 1 fully saturated rings. The topological polar surface area (TPSA) is 108 Å². The number of nitrogen functional groups attached to an aromatic ring is 1. The highest BCUT2D eigenvalue weighted by molar-refractivity contribution is 6.00. The molecule has 0 bridgehead atoms. The van der Waals surface area contributed by atoms with Crippen molar-refractivity contribution in [2.75, 3.05) is 30.3 Å². The van der Waals surface area contributed by atoms with E-state index in [4.69, 9.17) is 15.5 Å². The van der Waals surface area contributed by atoms with Crippen LogP contribution in [0.5, 0.6) is 5.75 Å². The number of aromatic nitrogens is 6. The Morgan fingerprint density at radius 3 is 2.47 bits per heavy atom. The van der Waals surface area contributed by atoms with Crippen molar-refractivity contribution in [1.82, 2.24) is 29.7 Å². The SMILES string of the molecule is CCOc1cc(-c2nnc(C)n2C)ccc1-c1nc(N)nc2c(N3CC(C)(C)C3)nc(C)cc12. The van der Waals surface area contributed by atoms with Crippen molar-refractivity contribution in [3.05, 3.63) is 35.8 Å². The number of pyridine rings is 1. The largest absolute Gasteiger partial charge is 0.493 e. The smallest absolute Gasteiger partial charge is 0.221 e. The van der Waals surface area contributed by atoms with Gasteiger partial charge in [-0.1, -0.05) is 19.9 Å². The zero-order valence-electron chi connectivity index (χ0n) is 20.5. The maximum atomic E-state index is 6.22. The van der Waals surface area contributed by atoms with E-state index in [9.17, 15) is 0 Å². The third-order valence-corrected chi connectivity index (χ3v) is 6.23. The van der Waals surface area contributed by atoms with Crippen LogP contribution in [-0.4, -0.2) is 49.4 Å². The summed E-state index contributed by atoms with van der Waals surface area (Å²) in [7, 11) is 1.95. The van der Waals surface area contributed by atoms with Crippen molar-refractivity contribution < 1.29 is 4.74 Å². The van der Waals surface area contributed by atoms with E-state index in [2.05, 4.69) is 38.9 Å². The second kappa shape index (κ2) is 7.93. The molecule has 1 saturated heterocycles. The van der Waals surface area contributed by atoms with Crippen LogP contribution in [0, 0.1) is 19.3 Å². The Morgan fingerprint density at radius 2 is 1.82 bits per heavy atom. The number of anilines is 2. The minimum absolute atomic E-state index is 0.213. The van der Waals surface area contributed by atoms with Crippen LogP contribution in [0.2, 0.25) is 0 Å². The van der Waals surface area contributed by atoms with E-state index < -0.39 is 0 Å². The molecule has 1 aromatic carbocycles. The first-order valence-corrected chi connectivity index (χ1v) is 11.5. The van der Waals surface area contributed by atoms with Crippen LogP contribution in [0.15, 0.2) is 24.3 Å². The molecule has 0 aliphatic carbocycles. The average Bonchev–Trinajstić information content (AvgIpc) is 3.10. The lowest BCUT2D eigenvalue weighted by atomic mass is 9.84. The highest BCUT2D eigenvalue weighted by Crippen LogP contribution is 2.41. The molecule has 9 nitrogen and oxygen atoms in total. The van der Waals surface area contributed by atoms with Crippen LogP contribution >= 0.6 is 0 Å². The number of rotatable bonds is 5. The minimum Gasteiger partial charge on any atom is -0.493 e. The van der Waals surface area contributed by atoms with Crippen molar-refractivity contribution >= 4 is 22.7 Å². The fraction of sp³-hybridized carbons (Fsp3) is 0.400. The molecule has 34 heavy (non-hydrogen) atoms. The monoisotopic (exact) mass is 458 g/mol. The predicted octanol–water partition coefficient (Wildman–Crippen LogP) is 3.93. The number of hydrogen-bond donors (Lipinski definition) is 1. The first-order chi connectivity index (χ1) is 16.2. The number of ether oxygens (including phenoxy) is 1. The summed E-state index contributed by atoms with van der Waals surface area (Å²) in [6, 6.07) is 8.03. The number of benzene rings is 1. The van der Waals surface area contributed by atoms with Crippen LogP contribution in [0.3, 0.4) is 0 Å². The quantitative estimate of drug-likeness (QED) is 0.479. The zero-order valence-corrected chi connectivity index (χ0v) is 20.5. The molecule has 0 radical (unpaired) electrons. The summed E-state index contributed by atoms with van der Waals surface area (Å²) in [5.74, 6) is 3.40. The molecule has 0 spiro atoms. The molecule has 1 aliphatic rings. The van der Waals surface area contributed by atoms with Crippen LogP contribution < -0.4 is 15.4 Å². The second-order valence-corrected chi connectivity index (χ2v) is 9.71. The van der Waals surface area contributed by atoms with Gasteiger partial charge in [0.25, 0.3) is 0 Å². The third-order valence-electron chi connectivity index (χ3n) is 6.23. The molecule has 2 N–H and O–H groups in total. The summed E-state index contributed by atoms with van der Waals surface area (Å²) >= 11 is 0. The molecule has 0 saturated carbocycles. The van der Waals surface area contributed by atoms with Gasteiger partial charge in [0, 0.05) is 42.3 Å². The molecular weight excluding hydrogens is 428 g/mol. The molecule has 9 heteroatoms. The van der Waals surface area contributed by atoms with E-state index in [1.807, 2.05) is 56.7 Å². The lowest BCUT2D eigenvalue weighted by molar-refractivity contribution is 0.275. The van der Waals surface area contributed by atoms with Crippen molar-refractivity contribution in [3.8, 4) is 28.4 Å². The van der Waals surface area contributed by atoms with Gasteiger partial charge in [-0.05, 0) is 44.4 Å². The maximum absolute atomic E-state index is 6.22. The van der Waals surface area contributed by atoms with E-state index in [0.717, 1.165) is 64.0 Å². The van der Waals surface area contributed by atoms with Crippen LogP contribution in [0.4, 0.5) is 11.8 Å². The summed E-state index contributed by atoms with van der Waals surface area (Å²) in [5.41, 5.74) is 10.7. The molecular formula is C25H30N8O. The van der Waals surface area contributed by atoms with E-state index in [-0.39, 0.29) is 11.4 Å². The van der Waals surface area contributed by atoms with Gasteiger partial charge < -0.3 is 19.9 Å². The minimum atomic E-state index is 0.213. The fourth-order valence-corrected chi connectivity index (χ4v) is 4.61. The lowest BCUT2D eigenvalue weighted by Crippen LogP contribution is -2.53. The van der Waals surface area contributed by atoms with Gasteiger partial charge in [0.05, 0.1) is 12.3 Å². The van der Waals surface area contributed by atoms with Gasteiger partial charge in [-0.3, -0.25) is 0 Å². The standard InChI is InChI=1S/C25H30N8O/c1-7-34-19-11-16(22-31-30-15(3)32(22)6)8-9-17(19)20-18-10-14(2)27-23(21(18)29-24(26)28-20)33-12-25(4,5)13-33/h8-11H,7,12-13H2,1-6H3,(H2,26,28,29). The predicted molar refractivity (Wildman–Crippen MR) is 134 cm³/mol. The van der Waals surface area contributed by atoms with Crippen LogP contribution in [-0.2, 0) is 7.05 Å². The lowest BCUT2D eigenvalue weighted by Gasteiger charge is -2.46. The first-order valence-electron chi connectivity index (χ1n) is 11.5. The molecule has 176 valence electrons. The van der Waals surface area contributed by atoms with E-state index in [1.54, 1.807) is 0 Å². The Kier molecular flexibility index (Phi) is 5.15. The van der Waals surface area contributed by atoms with Crippen LogP contribution in [0.1, 0.15) is 32.3 Å². The number of fused-ring (bicyclic) bond motifs is 1. The second-order valence-electron chi connectivity index (χ2n) is 9.71. The summed E-state index contributed by atoms with van der Waals surface area (Å²) in [5, 5.41) is 9.41. The zero-order chi connectivity index (χ0) is 24.2. The van der Waals surface area contributed by atoms with Crippen molar-refractivity contribution in [2.45, 2.75) is 34.6 Å². The van der Waals surface area contributed by atoms with Crippen molar-refractivity contribution in [3.63, 3.8) is 0 Å².